The highest BCUT2D eigenvalue weighted by atomic mass is 16.5. The van der Waals surface area contributed by atoms with Gasteiger partial charge in [-0.3, -0.25) is 9.36 Å². The molecule has 4 heterocycles. The molecule has 0 radical (unpaired) electrons. The molecular formula is C20H23N3O3. The van der Waals surface area contributed by atoms with E-state index in [0.29, 0.717) is 17.9 Å². The molecule has 136 valence electrons. The van der Waals surface area contributed by atoms with Crippen molar-refractivity contribution in [3.63, 3.8) is 0 Å². The zero-order valence-corrected chi connectivity index (χ0v) is 15.4. The molecule has 3 aromatic rings. The standard InChI is InChI=1S/C20H23N3O3/c1-4-23-18-15(6-5-13(2)22-18)17-16(19(23)24)8-10-20(3,26-17)9-7-14-11-21-25-12-14/h5-6,11-12H,4,7-10H2,1-3H3. The van der Waals surface area contributed by atoms with E-state index in [-0.39, 0.29) is 11.2 Å². The van der Waals surface area contributed by atoms with Gasteiger partial charge in [0.2, 0.25) is 0 Å². The molecule has 1 unspecified atom stereocenters. The molecule has 0 fully saturated rings. The van der Waals surface area contributed by atoms with E-state index in [0.717, 1.165) is 47.9 Å². The maximum atomic E-state index is 12.9. The zero-order valence-electron chi connectivity index (χ0n) is 15.4. The van der Waals surface area contributed by atoms with E-state index < -0.39 is 0 Å². The molecular weight excluding hydrogens is 330 g/mol. The number of aryl methyl sites for hydroxylation is 3. The van der Waals surface area contributed by atoms with Crippen LogP contribution in [0.1, 0.15) is 43.5 Å². The molecule has 0 aliphatic carbocycles. The number of fused-ring (bicyclic) bond motifs is 3. The Balaban J connectivity index is 1.76. The Morgan fingerprint density at radius 2 is 2.19 bits per heavy atom. The average Bonchev–Trinajstić information content (AvgIpc) is 3.14. The Morgan fingerprint density at radius 3 is 2.92 bits per heavy atom. The van der Waals surface area contributed by atoms with Gasteiger partial charge in [-0.1, -0.05) is 5.16 Å². The van der Waals surface area contributed by atoms with Gasteiger partial charge in [0.1, 0.15) is 23.3 Å². The van der Waals surface area contributed by atoms with Gasteiger partial charge in [-0.2, -0.15) is 0 Å². The maximum absolute atomic E-state index is 12.9. The van der Waals surface area contributed by atoms with Crippen molar-refractivity contribution >= 4 is 11.0 Å². The molecule has 0 aromatic carbocycles. The van der Waals surface area contributed by atoms with E-state index in [9.17, 15) is 4.79 Å². The number of hydrogen-bond donors (Lipinski definition) is 0. The van der Waals surface area contributed by atoms with Crippen LogP contribution < -0.4 is 10.3 Å². The van der Waals surface area contributed by atoms with Crippen LogP contribution >= 0.6 is 0 Å². The van der Waals surface area contributed by atoms with Gasteiger partial charge in [-0.25, -0.2) is 4.98 Å². The van der Waals surface area contributed by atoms with Crippen LogP contribution in [0.5, 0.6) is 5.75 Å². The van der Waals surface area contributed by atoms with Gasteiger partial charge >= 0.3 is 0 Å². The summed E-state index contributed by atoms with van der Waals surface area (Å²) in [7, 11) is 0. The smallest absolute Gasteiger partial charge is 0.259 e. The first-order chi connectivity index (χ1) is 12.5. The predicted octanol–water partition coefficient (Wildman–Crippen LogP) is 3.43. The summed E-state index contributed by atoms with van der Waals surface area (Å²) in [5, 5.41) is 4.68. The molecule has 0 saturated heterocycles. The number of pyridine rings is 2. The van der Waals surface area contributed by atoms with E-state index in [4.69, 9.17) is 9.26 Å². The minimum Gasteiger partial charge on any atom is -0.486 e. The van der Waals surface area contributed by atoms with Crippen molar-refractivity contribution in [2.75, 3.05) is 0 Å². The highest BCUT2D eigenvalue weighted by molar-refractivity contribution is 5.84. The molecule has 0 N–H and O–H groups in total. The lowest BCUT2D eigenvalue weighted by Crippen LogP contribution is -2.40. The molecule has 4 rings (SSSR count). The summed E-state index contributed by atoms with van der Waals surface area (Å²) in [4.78, 5) is 17.6. The molecule has 1 aliphatic heterocycles. The van der Waals surface area contributed by atoms with E-state index >= 15 is 0 Å². The van der Waals surface area contributed by atoms with Crippen LogP contribution in [0.4, 0.5) is 0 Å². The van der Waals surface area contributed by atoms with Crippen LogP contribution in [0.3, 0.4) is 0 Å². The van der Waals surface area contributed by atoms with Crippen LogP contribution in [0, 0.1) is 6.92 Å². The summed E-state index contributed by atoms with van der Waals surface area (Å²) < 4.78 is 13.1. The maximum Gasteiger partial charge on any atom is 0.259 e. The summed E-state index contributed by atoms with van der Waals surface area (Å²) in [6.45, 7) is 6.63. The first-order valence-electron chi connectivity index (χ1n) is 9.11. The van der Waals surface area contributed by atoms with Crippen molar-refractivity contribution in [3.05, 3.63) is 51.8 Å². The number of aromatic nitrogens is 3. The average molecular weight is 353 g/mol. The molecule has 0 spiro atoms. The molecule has 1 atom stereocenters. The SMILES string of the molecule is CCn1c(=O)c2c(c3ccc(C)nc31)OC(C)(CCc1cnoc1)CC2. The van der Waals surface area contributed by atoms with Crippen LogP contribution in [0.15, 0.2) is 33.9 Å². The van der Waals surface area contributed by atoms with Crippen LogP contribution in [-0.4, -0.2) is 20.3 Å². The van der Waals surface area contributed by atoms with E-state index in [2.05, 4.69) is 17.1 Å². The van der Waals surface area contributed by atoms with Crippen molar-refractivity contribution in [3.8, 4) is 5.75 Å². The summed E-state index contributed by atoms with van der Waals surface area (Å²) >= 11 is 0. The van der Waals surface area contributed by atoms with Crippen LogP contribution in [-0.2, 0) is 19.4 Å². The molecule has 6 heteroatoms. The van der Waals surface area contributed by atoms with E-state index in [1.165, 1.54) is 0 Å². The molecule has 3 aromatic heterocycles. The molecule has 0 saturated carbocycles. The van der Waals surface area contributed by atoms with Gasteiger partial charge < -0.3 is 9.26 Å². The first kappa shape index (κ1) is 16.8. The fraction of sp³-hybridized carbons (Fsp3) is 0.450. The quantitative estimate of drug-likeness (QED) is 0.719. The molecule has 0 amide bonds. The van der Waals surface area contributed by atoms with E-state index in [1.807, 2.05) is 26.0 Å². The van der Waals surface area contributed by atoms with Gasteiger partial charge in [0.25, 0.3) is 5.56 Å². The third-order valence-corrected chi connectivity index (χ3v) is 5.29. The summed E-state index contributed by atoms with van der Waals surface area (Å²) in [5.41, 5.74) is 3.13. The van der Waals surface area contributed by atoms with E-state index in [1.54, 1.807) is 17.0 Å². The number of rotatable bonds is 4. The predicted molar refractivity (Wildman–Crippen MR) is 98.6 cm³/mol. The molecule has 26 heavy (non-hydrogen) atoms. The number of hydrogen-bond acceptors (Lipinski definition) is 5. The molecule has 6 nitrogen and oxygen atoms in total. The lowest BCUT2D eigenvalue weighted by Gasteiger charge is -2.36. The first-order valence-corrected chi connectivity index (χ1v) is 9.11. The second-order valence-electron chi connectivity index (χ2n) is 7.27. The van der Waals surface area contributed by atoms with Gasteiger partial charge in [0.05, 0.1) is 17.1 Å². The van der Waals surface area contributed by atoms with Gasteiger partial charge in [-0.05, 0) is 58.6 Å². The van der Waals surface area contributed by atoms with Crippen molar-refractivity contribution < 1.29 is 9.26 Å². The Labute approximate surface area is 151 Å². The molecule has 0 bridgehead atoms. The van der Waals surface area contributed by atoms with Gasteiger partial charge in [0, 0.05) is 17.8 Å². The Hall–Kier alpha value is -2.63. The highest BCUT2D eigenvalue weighted by Crippen LogP contribution is 2.38. The van der Waals surface area contributed by atoms with Crippen molar-refractivity contribution in [2.24, 2.45) is 0 Å². The van der Waals surface area contributed by atoms with Gasteiger partial charge in [0.15, 0.2) is 0 Å². The van der Waals surface area contributed by atoms with Crippen LogP contribution in [0.25, 0.3) is 11.0 Å². The normalized spacial score (nSPS) is 19.3. The summed E-state index contributed by atoms with van der Waals surface area (Å²) in [5.74, 6) is 0.710. The van der Waals surface area contributed by atoms with Crippen molar-refractivity contribution in [1.29, 1.82) is 0 Å². The summed E-state index contributed by atoms with van der Waals surface area (Å²) in [6, 6.07) is 3.99. The Bertz CT molecular complexity index is 1010. The largest absolute Gasteiger partial charge is 0.486 e. The zero-order chi connectivity index (χ0) is 18.3. The second kappa shape index (κ2) is 6.27. The molecule has 1 aliphatic rings. The highest BCUT2D eigenvalue weighted by Gasteiger charge is 2.34. The fourth-order valence-electron chi connectivity index (χ4n) is 3.70. The van der Waals surface area contributed by atoms with Gasteiger partial charge in [-0.15, -0.1) is 0 Å². The monoisotopic (exact) mass is 353 g/mol. The van der Waals surface area contributed by atoms with Crippen molar-refractivity contribution in [1.82, 2.24) is 14.7 Å². The topological polar surface area (TPSA) is 70.2 Å². The third kappa shape index (κ3) is 2.79. The van der Waals surface area contributed by atoms with Crippen LogP contribution in [0.2, 0.25) is 0 Å². The number of ether oxygens (including phenoxy) is 1. The minimum absolute atomic E-state index is 0.0224. The third-order valence-electron chi connectivity index (χ3n) is 5.29. The lowest BCUT2D eigenvalue weighted by molar-refractivity contribution is 0.0577. The Morgan fingerprint density at radius 1 is 1.35 bits per heavy atom. The Kier molecular flexibility index (Phi) is 4.05. The second-order valence-corrected chi connectivity index (χ2v) is 7.27. The summed E-state index contributed by atoms with van der Waals surface area (Å²) in [6.07, 6.45) is 6.61. The number of nitrogens with zero attached hydrogens (tertiary/aromatic N) is 3. The van der Waals surface area contributed by atoms with Crippen molar-refractivity contribution in [2.45, 2.75) is 58.6 Å². The minimum atomic E-state index is -0.326. The fourth-order valence-corrected chi connectivity index (χ4v) is 3.70. The lowest BCUT2D eigenvalue weighted by atomic mass is 9.88.